The molecule has 1 atom stereocenters. The summed E-state index contributed by atoms with van der Waals surface area (Å²) in [5, 5.41) is 0. The van der Waals surface area contributed by atoms with Crippen molar-refractivity contribution in [2.45, 2.75) is 12.5 Å². The molecule has 3 nitrogen and oxygen atoms in total. The topological polar surface area (TPSA) is 15.7 Å². The molecule has 1 aliphatic rings. The van der Waals surface area contributed by atoms with Crippen LogP contribution in [0.15, 0.2) is 54.6 Å². The molecule has 0 aromatic heterocycles. The van der Waals surface area contributed by atoms with Gasteiger partial charge >= 0.3 is 0 Å². The van der Waals surface area contributed by atoms with Gasteiger partial charge in [0, 0.05) is 32.2 Å². The third-order valence-corrected chi connectivity index (χ3v) is 4.79. The molecule has 23 heavy (non-hydrogen) atoms. The maximum Gasteiger partial charge on any atom is 0.118 e. The lowest BCUT2D eigenvalue weighted by Gasteiger charge is -2.39. The van der Waals surface area contributed by atoms with E-state index < -0.39 is 0 Å². The molecule has 3 heteroatoms. The van der Waals surface area contributed by atoms with Gasteiger partial charge in [0.05, 0.1) is 7.11 Å². The van der Waals surface area contributed by atoms with E-state index in [1.807, 2.05) is 12.1 Å². The highest BCUT2D eigenvalue weighted by Crippen LogP contribution is 2.24. The van der Waals surface area contributed by atoms with Crippen molar-refractivity contribution in [2.75, 3.05) is 40.3 Å². The van der Waals surface area contributed by atoms with E-state index >= 15 is 0 Å². The molecular weight excluding hydrogens is 284 g/mol. The number of benzene rings is 2. The Labute approximate surface area is 139 Å². The second-order valence-electron chi connectivity index (χ2n) is 6.31. The molecular formula is C20H26N2O. The van der Waals surface area contributed by atoms with E-state index in [0.717, 1.165) is 38.3 Å². The molecule has 0 radical (unpaired) electrons. The smallest absolute Gasteiger partial charge is 0.118 e. The van der Waals surface area contributed by atoms with E-state index in [0.29, 0.717) is 6.04 Å². The normalized spacial score (nSPS) is 19.7. The molecule has 1 heterocycles. The van der Waals surface area contributed by atoms with Gasteiger partial charge in [0.2, 0.25) is 0 Å². The summed E-state index contributed by atoms with van der Waals surface area (Å²) in [5.41, 5.74) is 2.80. The quantitative estimate of drug-likeness (QED) is 0.843. The fourth-order valence-corrected chi connectivity index (χ4v) is 3.25. The molecule has 122 valence electrons. The van der Waals surface area contributed by atoms with Gasteiger partial charge in [0.15, 0.2) is 0 Å². The van der Waals surface area contributed by atoms with Gasteiger partial charge in [0.25, 0.3) is 0 Å². The molecule has 0 aliphatic carbocycles. The van der Waals surface area contributed by atoms with Crippen LogP contribution in [0.1, 0.15) is 17.2 Å². The minimum Gasteiger partial charge on any atom is -0.497 e. The molecule has 3 rings (SSSR count). The zero-order valence-corrected chi connectivity index (χ0v) is 14.1. The van der Waals surface area contributed by atoms with Crippen LogP contribution < -0.4 is 4.74 Å². The zero-order chi connectivity index (χ0) is 16.1. The lowest BCUT2D eigenvalue weighted by molar-refractivity contribution is 0.0965. The lowest BCUT2D eigenvalue weighted by atomic mass is 10.0. The van der Waals surface area contributed by atoms with Crippen LogP contribution in [0.2, 0.25) is 0 Å². The molecule has 0 N–H and O–H groups in total. The van der Waals surface area contributed by atoms with Crippen molar-refractivity contribution >= 4 is 0 Å². The summed E-state index contributed by atoms with van der Waals surface area (Å²) in [6.45, 7) is 4.50. The minimum absolute atomic E-state index is 0.501. The average Bonchev–Trinajstić information content (AvgIpc) is 2.62. The average molecular weight is 310 g/mol. The fraction of sp³-hybridized carbons (Fsp3) is 0.400. The maximum atomic E-state index is 5.22. The van der Waals surface area contributed by atoms with Gasteiger partial charge in [-0.3, -0.25) is 9.80 Å². The number of nitrogens with zero attached hydrogens (tertiary/aromatic N) is 2. The van der Waals surface area contributed by atoms with Gasteiger partial charge < -0.3 is 4.74 Å². The molecule has 1 fully saturated rings. The van der Waals surface area contributed by atoms with Crippen molar-refractivity contribution < 1.29 is 4.74 Å². The van der Waals surface area contributed by atoms with Gasteiger partial charge in [-0.1, -0.05) is 42.5 Å². The van der Waals surface area contributed by atoms with Crippen LogP contribution in [0.25, 0.3) is 0 Å². The number of rotatable bonds is 5. The van der Waals surface area contributed by atoms with E-state index in [9.17, 15) is 0 Å². The maximum absolute atomic E-state index is 5.22. The summed E-state index contributed by atoms with van der Waals surface area (Å²) in [7, 11) is 3.95. The number of hydrogen-bond acceptors (Lipinski definition) is 3. The number of hydrogen-bond donors (Lipinski definition) is 0. The molecule has 1 unspecified atom stereocenters. The van der Waals surface area contributed by atoms with E-state index in [1.165, 1.54) is 11.1 Å². The van der Waals surface area contributed by atoms with Crippen molar-refractivity contribution in [2.24, 2.45) is 0 Å². The summed E-state index contributed by atoms with van der Waals surface area (Å²) >= 11 is 0. The summed E-state index contributed by atoms with van der Waals surface area (Å²) in [6, 6.07) is 19.8. The fourth-order valence-electron chi connectivity index (χ4n) is 3.25. The third kappa shape index (κ3) is 4.12. The van der Waals surface area contributed by atoms with Crippen LogP contribution in [0.4, 0.5) is 0 Å². The van der Waals surface area contributed by atoms with Crippen molar-refractivity contribution in [1.29, 1.82) is 0 Å². The molecule has 1 aliphatic heterocycles. The highest BCUT2D eigenvalue weighted by molar-refractivity contribution is 5.27. The van der Waals surface area contributed by atoms with Gasteiger partial charge in [0.1, 0.15) is 5.75 Å². The van der Waals surface area contributed by atoms with Crippen molar-refractivity contribution in [3.8, 4) is 5.75 Å². The Morgan fingerprint density at radius 1 is 1.00 bits per heavy atom. The van der Waals surface area contributed by atoms with Gasteiger partial charge in [-0.2, -0.15) is 0 Å². The van der Waals surface area contributed by atoms with Crippen molar-refractivity contribution in [3.63, 3.8) is 0 Å². The summed E-state index contributed by atoms with van der Waals surface area (Å²) in [4.78, 5) is 5.06. The van der Waals surface area contributed by atoms with Crippen LogP contribution in [-0.2, 0) is 6.42 Å². The predicted molar refractivity (Wildman–Crippen MR) is 95.0 cm³/mol. The number of likely N-dealkylation sites (N-methyl/N-ethyl adjacent to an activating group) is 1. The van der Waals surface area contributed by atoms with Gasteiger partial charge in [-0.05, 0) is 36.7 Å². The van der Waals surface area contributed by atoms with E-state index in [2.05, 4.69) is 59.3 Å². The molecule has 0 spiro atoms. The van der Waals surface area contributed by atoms with Crippen LogP contribution in [0.5, 0.6) is 5.75 Å². The van der Waals surface area contributed by atoms with E-state index in [1.54, 1.807) is 7.11 Å². The highest BCUT2D eigenvalue weighted by Gasteiger charge is 2.25. The Bertz CT molecular complexity index is 597. The van der Waals surface area contributed by atoms with Crippen LogP contribution in [0.3, 0.4) is 0 Å². The SMILES string of the molecule is COc1ccc(CCN2CCN(C)C(c3ccccc3)C2)cc1. The second-order valence-corrected chi connectivity index (χ2v) is 6.31. The van der Waals surface area contributed by atoms with Gasteiger partial charge in [-0.15, -0.1) is 0 Å². The third-order valence-electron chi connectivity index (χ3n) is 4.79. The summed E-state index contributed by atoms with van der Waals surface area (Å²) in [5.74, 6) is 0.928. The Hall–Kier alpha value is -1.84. The number of ether oxygens (including phenoxy) is 1. The van der Waals surface area contributed by atoms with Crippen LogP contribution >= 0.6 is 0 Å². The first-order valence-corrected chi connectivity index (χ1v) is 8.37. The molecule has 2 aromatic carbocycles. The Balaban J connectivity index is 1.58. The minimum atomic E-state index is 0.501. The first-order valence-electron chi connectivity index (χ1n) is 8.37. The van der Waals surface area contributed by atoms with Crippen molar-refractivity contribution in [1.82, 2.24) is 9.80 Å². The summed E-state index contributed by atoms with van der Waals surface area (Å²) in [6.07, 6.45) is 1.09. The predicted octanol–water partition coefficient (Wildman–Crippen LogP) is 3.23. The van der Waals surface area contributed by atoms with Crippen LogP contribution in [0, 0.1) is 0 Å². The van der Waals surface area contributed by atoms with E-state index in [-0.39, 0.29) is 0 Å². The van der Waals surface area contributed by atoms with E-state index in [4.69, 9.17) is 4.74 Å². The monoisotopic (exact) mass is 310 g/mol. The lowest BCUT2D eigenvalue weighted by Crippen LogP contribution is -2.47. The number of methoxy groups -OCH3 is 1. The Morgan fingerprint density at radius 2 is 1.74 bits per heavy atom. The highest BCUT2D eigenvalue weighted by atomic mass is 16.5. The second kappa shape index (κ2) is 7.62. The number of piperazine rings is 1. The summed E-state index contributed by atoms with van der Waals surface area (Å²) < 4.78 is 5.22. The first kappa shape index (κ1) is 16.0. The van der Waals surface area contributed by atoms with Gasteiger partial charge in [-0.25, -0.2) is 0 Å². The Kier molecular flexibility index (Phi) is 5.31. The van der Waals surface area contributed by atoms with Crippen molar-refractivity contribution in [3.05, 3.63) is 65.7 Å². The Morgan fingerprint density at radius 3 is 2.43 bits per heavy atom. The standard InChI is InChI=1S/C20H26N2O/c1-21-14-15-22(16-20(21)18-6-4-3-5-7-18)13-12-17-8-10-19(23-2)11-9-17/h3-11,20H,12-16H2,1-2H3. The molecule has 2 aromatic rings. The van der Waals surface area contributed by atoms with Crippen LogP contribution in [-0.4, -0.2) is 50.1 Å². The molecule has 0 bridgehead atoms. The molecule has 1 saturated heterocycles. The first-order chi connectivity index (χ1) is 11.3. The zero-order valence-electron chi connectivity index (χ0n) is 14.1. The largest absolute Gasteiger partial charge is 0.497 e. The molecule has 0 saturated carbocycles. The molecule has 0 amide bonds.